The topological polar surface area (TPSA) is 76.4 Å². The maximum Gasteiger partial charge on any atom is 0.319 e. The molecule has 0 radical (unpaired) electrons. The van der Waals surface area contributed by atoms with Crippen LogP contribution in [0.3, 0.4) is 0 Å². The summed E-state index contributed by atoms with van der Waals surface area (Å²) >= 11 is 0. The number of hydrogen-bond donors (Lipinski definition) is 2. The van der Waals surface area contributed by atoms with E-state index < -0.39 is 0 Å². The number of rotatable bonds is 5. The fourth-order valence-corrected chi connectivity index (χ4v) is 2.63. The Kier molecular flexibility index (Phi) is 4.01. The number of ether oxygens (including phenoxy) is 1. The van der Waals surface area contributed by atoms with Gasteiger partial charge in [0.15, 0.2) is 11.5 Å². The average Bonchev–Trinajstić information content (AvgIpc) is 3.40. The number of oxazole rings is 1. The maximum atomic E-state index is 12.1. The molecule has 25 heavy (non-hydrogen) atoms. The molecule has 2 amide bonds. The van der Waals surface area contributed by atoms with E-state index in [2.05, 4.69) is 15.6 Å². The highest BCUT2D eigenvalue weighted by Crippen LogP contribution is 2.40. The molecule has 4 rings (SSSR count). The molecule has 6 nitrogen and oxygen atoms in total. The lowest BCUT2D eigenvalue weighted by Crippen LogP contribution is -2.28. The van der Waals surface area contributed by atoms with E-state index in [0.29, 0.717) is 18.2 Å². The van der Waals surface area contributed by atoms with Crippen LogP contribution in [0.15, 0.2) is 46.9 Å². The van der Waals surface area contributed by atoms with Gasteiger partial charge in [-0.3, -0.25) is 0 Å². The normalized spacial score (nSPS) is 13.6. The Hall–Kier alpha value is -3.02. The fourth-order valence-electron chi connectivity index (χ4n) is 2.63. The second kappa shape index (κ2) is 6.47. The van der Waals surface area contributed by atoms with Crippen LogP contribution < -0.4 is 15.4 Å². The number of fused-ring (bicyclic) bond motifs is 1. The van der Waals surface area contributed by atoms with Crippen molar-refractivity contribution in [3.8, 4) is 5.75 Å². The third-order valence-electron chi connectivity index (χ3n) is 4.20. The highest BCUT2D eigenvalue weighted by molar-refractivity contribution is 5.91. The zero-order valence-corrected chi connectivity index (χ0v) is 13.9. The standard InChI is InChI=1S/C19H19N3O3/c1-24-15-7-2-12(3-8-15)11-20-19(23)21-14-6-9-17-16(10-14)22-18(25-17)13-4-5-13/h2-3,6-10,13H,4-5,11H2,1H3,(H2,20,21,23). The van der Waals surface area contributed by atoms with Crippen molar-refractivity contribution in [2.24, 2.45) is 0 Å². The van der Waals surface area contributed by atoms with Gasteiger partial charge in [0, 0.05) is 18.2 Å². The van der Waals surface area contributed by atoms with Crippen LogP contribution in [0.25, 0.3) is 11.1 Å². The minimum atomic E-state index is -0.263. The van der Waals surface area contributed by atoms with Crippen LogP contribution >= 0.6 is 0 Å². The Bertz CT molecular complexity index is 898. The predicted molar refractivity (Wildman–Crippen MR) is 94.8 cm³/mol. The molecular formula is C19H19N3O3. The molecule has 1 heterocycles. The summed E-state index contributed by atoms with van der Waals surface area (Å²) in [5, 5.41) is 5.66. The number of carbonyl (C=O) groups excluding carboxylic acids is 1. The van der Waals surface area contributed by atoms with Crippen LogP contribution in [0.1, 0.15) is 30.2 Å². The summed E-state index contributed by atoms with van der Waals surface area (Å²) in [6, 6.07) is 12.8. The summed E-state index contributed by atoms with van der Waals surface area (Å²) in [4.78, 5) is 16.6. The summed E-state index contributed by atoms with van der Waals surface area (Å²) in [5.41, 5.74) is 3.22. The van der Waals surface area contributed by atoms with Crippen molar-refractivity contribution < 1.29 is 13.9 Å². The van der Waals surface area contributed by atoms with Crippen LogP contribution in [0, 0.1) is 0 Å². The van der Waals surface area contributed by atoms with Gasteiger partial charge in [-0.2, -0.15) is 0 Å². The van der Waals surface area contributed by atoms with E-state index in [1.165, 1.54) is 0 Å². The van der Waals surface area contributed by atoms with Gasteiger partial charge in [-0.1, -0.05) is 12.1 Å². The van der Waals surface area contributed by atoms with Gasteiger partial charge >= 0.3 is 6.03 Å². The van der Waals surface area contributed by atoms with Crippen LogP contribution in [0.5, 0.6) is 5.75 Å². The van der Waals surface area contributed by atoms with Gasteiger partial charge in [-0.05, 0) is 48.7 Å². The van der Waals surface area contributed by atoms with Crippen molar-refractivity contribution in [1.82, 2.24) is 10.3 Å². The van der Waals surface area contributed by atoms with Gasteiger partial charge in [0.05, 0.1) is 7.11 Å². The monoisotopic (exact) mass is 337 g/mol. The van der Waals surface area contributed by atoms with Gasteiger partial charge in [0.25, 0.3) is 0 Å². The molecule has 0 spiro atoms. The van der Waals surface area contributed by atoms with E-state index in [4.69, 9.17) is 9.15 Å². The maximum absolute atomic E-state index is 12.1. The summed E-state index contributed by atoms with van der Waals surface area (Å²) in [5.74, 6) is 2.06. The Morgan fingerprint density at radius 2 is 2.04 bits per heavy atom. The van der Waals surface area contributed by atoms with E-state index in [0.717, 1.165) is 41.1 Å². The van der Waals surface area contributed by atoms with E-state index in [1.807, 2.05) is 42.5 Å². The van der Waals surface area contributed by atoms with Gasteiger partial charge < -0.3 is 19.8 Å². The van der Waals surface area contributed by atoms with Crippen LogP contribution in [-0.4, -0.2) is 18.1 Å². The number of benzene rings is 2. The Balaban J connectivity index is 1.37. The number of hydrogen-bond acceptors (Lipinski definition) is 4. The lowest BCUT2D eigenvalue weighted by atomic mass is 10.2. The van der Waals surface area contributed by atoms with Gasteiger partial charge in [-0.25, -0.2) is 9.78 Å². The van der Waals surface area contributed by atoms with Crippen molar-refractivity contribution in [3.05, 3.63) is 53.9 Å². The first-order chi connectivity index (χ1) is 12.2. The molecule has 128 valence electrons. The fraction of sp³-hybridized carbons (Fsp3) is 0.263. The number of methoxy groups -OCH3 is 1. The molecule has 1 fully saturated rings. The highest BCUT2D eigenvalue weighted by atomic mass is 16.5. The molecule has 0 atom stereocenters. The molecule has 0 bridgehead atoms. The molecular weight excluding hydrogens is 318 g/mol. The largest absolute Gasteiger partial charge is 0.497 e. The minimum Gasteiger partial charge on any atom is -0.497 e. The minimum absolute atomic E-state index is 0.263. The molecule has 3 aromatic rings. The quantitative estimate of drug-likeness (QED) is 0.737. The molecule has 1 aliphatic rings. The molecule has 6 heteroatoms. The molecule has 2 N–H and O–H groups in total. The first-order valence-electron chi connectivity index (χ1n) is 8.29. The number of anilines is 1. The summed E-state index contributed by atoms with van der Waals surface area (Å²) < 4.78 is 10.8. The predicted octanol–water partition coefficient (Wildman–Crippen LogP) is 4.04. The van der Waals surface area contributed by atoms with E-state index >= 15 is 0 Å². The van der Waals surface area contributed by atoms with Crippen LogP contribution in [-0.2, 0) is 6.54 Å². The Morgan fingerprint density at radius 3 is 2.76 bits per heavy atom. The van der Waals surface area contributed by atoms with E-state index in [9.17, 15) is 4.79 Å². The zero-order chi connectivity index (χ0) is 17.2. The first-order valence-corrected chi connectivity index (χ1v) is 8.29. The van der Waals surface area contributed by atoms with Crippen molar-refractivity contribution >= 4 is 22.8 Å². The van der Waals surface area contributed by atoms with Gasteiger partial charge in [0.1, 0.15) is 11.3 Å². The summed E-state index contributed by atoms with van der Waals surface area (Å²) in [7, 11) is 1.63. The second-order valence-electron chi connectivity index (χ2n) is 6.16. The summed E-state index contributed by atoms with van der Waals surface area (Å²) in [6.45, 7) is 0.438. The molecule has 1 aliphatic carbocycles. The number of urea groups is 1. The lowest BCUT2D eigenvalue weighted by molar-refractivity contribution is 0.251. The SMILES string of the molecule is COc1ccc(CNC(=O)Nc2ccc3oc(C4CC4)nc3c2)cc1. The van der Waals surface area contributed by atoms with Crippen LogP contribution in [0.4, 0.5) is 10.5 Å². The zero-order valence-electron chi connectivity index (χ0n) is 13.9. The second-order valence-corrected chi connectivity index (χ2v) is 6.16. The van der Waals surface area contributed by atoms with Gasteiger partial charge in [-0.15, -0.1) is 0 Å². The average molecular weight is 337 g/mol. The van der Waals surface area contributed by atoms with Crippen LogP contribution in [0.2, 0.25) is 0 Å². The van der Waals surface area contributed by atoms with E-state index in [1.54, 1.807) is 7.11 Å². The number of nitrogens with zero attached hydrogens (tertiary/aromatic N) is 1. The van der Waals surface area contributed by atoms with E-state index in [-0.39, 0.29) is 6.03 Å². The highest BCUT2D eigenvalue weighted by Gasteiger charge is 2.28. The molecule has 1 saturated carbocycles. The molecule has 1 aromatic heterocycles. The molecule has 0 saturated heterocycles. The van der Waals surface area contributed by atoms with Gasteiger partial charge in [0.2, 0.25) is 0 Å². The number of amides is 2. The summed E-state index contributed by atoms with van der Waals surface area (Å²) in [6.07, 6.45) is 2.29. The molecule has 0 unspecified atom stereocenters. The Labute approximate surface area is 145 Å². The van der Waals surface area contributed by atoms with Crippen molar-refractivity contribution in [3.63, 3.8) is 0 Å². The third kappa shape index (κ3) is 3.57. The first kappa shape index (κ1) is 15.5. The van der Waals surface area contributed by atoms with Crippen molar-refractivity contribution in [1.29, 1.82) is 0 Å². The van der Waals surface area contributed by atoms with Crippen molar-refractivity contribution in [2.75, 3.05) is 12.4 Å². The third-order valence-corrected chi connectivity index (χ3v) is 4.20. The number of aromatic nitrogens is 1. The number of carbonyl (C=O) groups is 1. The number of nitrogens with one attached hydrogen (secondary N) is 2. The smallest absolute Gasteiger partial charge is 0.319 e. The molecule has 2 aromatic carbocycles. The Morgan fingerprint density at radius 1 is 1.24 bits per heavy atom. The van der Waals surface area contributed by atoms with Crippen molar-refractivity contribution in [2.45, 2.75) is 25.3 Å². The lowest BCUT2D eigenvalue weighted by Gasteiger charge is -2.08. The molecule has 0 aliphatic heterocycles.